The van der Waals surface area contributed by atoms with Gasteiger partial charge in [-0.1, -0.05) is 48.5 Å². The molecule has 1 aliphatic rings. The highest BCUT2D eigenvalue weighted by Crippen LogP contribution is 2.46. The monoisotopic (exact) mass is 551 g/mol. The minimum atomic E-state index is -0.107. The van der Waals surface area contributed by atoms with Crippen molar-refractivity contribution in [2.75, 3.05) is 38.5 Å². The number of nitrogens with zero attached hydrogens (tertiary/aromatic N) is 2. The average molecular weight is 552 g/mol. The molecule has 8 heteroatoms. The fraction of sp³-hybridized carbons (Fsp3) is 0.188. The molecule has 0 radical (unpaired) electrons. The maximum atomic E-state index is 14.0. The highest BCUT2D eigenvalue weighted by Gasteiger charge is 2.29. The van der Waals surface area contributed by atoms with Crippen LogP contribution in [-0.2, 0) is 6.42 Å². The number of rotatable bonds is 6. The Morgan fingerprint density at radius 1 is 0.900 bits per heavy atom. The molecule has 40 heavy (non-hydrogen) atoms. The van der Waals surface area contributed by atoms with Crippen LogP contribution in [0.15, 0.2) is 72.8 Å². The molecule has 0 unspecified atom stereocenters. The molecule has 2 N–H and O–H groups in total. The van der Waals surface area contributed by atoms with Gasteiger partial charge in [0.05, 0.1) is 32.7 Å². The quantitative estimate of drug-likeness (QED) is 0.249. The number of benzene rings is 3. The van der Waals surface area contributed by atoms with E-state index in [2.05, 4.69) is 6.07 Å². The third kappa shape index (κ3) is 4.30. The topological polar surface area (TPSA) is 86.9 Å². The van der Waals surface area contributed by atoms with Crippen LogP contribution in [0.25, 0.3) is 32.6 Å². The van der Waals surface area contributed by atoms with Crippen molar-refractivity contribution in [3.05, 3.63) is 83.2 Å². The van der Waals surface area contributed by atoms with Crippen LogP contribution in [0.3, 0.4) is 0 Å². The highest BCUT2D eigenvalue weighted by molar-refractivity contribution is 7.21. The smallest absolute Gasteiger partial charge is 0.270 e. The number of pyridine rings is 1. The zero-order chi connectivity index (χ0) is 27.8. The molecule has 7 nitrogen and oxygen atoms in total. The van der Waals surface area contributed by atoms with Gasteiger partial charge in [-0.2, -0.15) is 0 Å². The maximum absolute atomic E-state index is 14.0. The second-order valence-corrected chi connectivity index (χ2v) is 10.5. The molecule has 0 atom stereocenters. The van der Waals surface area contributed by atoms with Crippen LogP contribution in [-0.4, -0.2) is 38.8 Å². The van der Waals surface area contributed by atoms with Crippen LogP contribution < -0.4 is 24.8 Å². The Balaban J connectivity index is 1.58. The van der Waals surface area contributed by atoms with E-state index in [1.165, 1.54) is 16.9 Å². The van der Waals surface area contributed by atoms with E-state index in [1.54, 1.807) is 21.3 Å². The van der Waals surface area contributed by atoms with Crippen molar-refractivity contribution in [3.8, 4) is 39.6 Å². The standard InChI is InChI=1S/C32H29N3O4S/c1-37-25-16-21(17-26(38-2)29(25)39-3)22-18-23(19-10-5-4-6-11-19)34-31-27(22)28(33)30(40-31)32(36)35-15-9-13-20-12-7-8-14-24(20)35/h4-8,10-12,14,16-18H,9,13,15,33H2,1-3H3. The summed E-state index contributed by atoms with van der Waals surface area (Å²) < 4.78 is 16.8. The fourth-order valence-corrected chi connectivity index (χ4v) is 6.44. The number of amides is 1. The van der Waals surface area contributed by atoms with Gasteiger partial charge < -0.3 is 24.8 Å². The Bertz CT molecular complexity index is 1710. The van der Waals surface area contributed by atoms with Gasteiger partial charge in [-0.3, -0.25) is 4.79 Å². The number of aryl methyl sites for hydroxylation is 1. The largest absolute Gasteiger partial charge is 0.493 e. The van der Waals surface area contributed by atoms with Crippen molar-refractivity contribution in [2.24, 2.45) is 0 Å². The number of methoxy groups -OCH3 is 3. The van der Waals surface area contributed by atoms with Gasteiger partial charge in [0.2, 0.25) is 5.75 Å². The Kier molecular flexibility index (Phi) is 6.77. The van der Waals surface area contributed by atoms with Gasteiger partial charge in [-0.05, 0) is 53.8 Å². The predicted octanol–water partition coefficient (Wildman–Crippen LogP) is 6.83. The Morgan fingerprint density at radius 2 is 1.60 bits per heavy atom. The van der Waals surface area contributed by atoms with Gasteiger partial charge >= 0.3 is 0 Å². The van der Waals surface area contributed by atoms with Crippen LogP contribution in [0.4, 0.5) is 11.4 Å². The van der Waals surface area contributed by atoms with Gasteiger partial charge in [-0.25, -0.2) is 4.98 Å². The van der Waals surface area contributed by atoms with E-state index >= 15 is 0 Å². The first-order chi connectivity index (χ1) is 19.5. The SMILES string of the molecule is COc1cc(-c2cc(-c3ccccc3)nc3sc(C(=O)N4CCCc5ccccc54)c(N)c23)cc(OC)c1OC. The zero-order valence-electron chi connectivity index (χ0n) is 22.6. The Labute approximate surface area is 236 Å². The molecule has 0 fully saturated rings. The van der Waals surface area contributed by atoms with Gasteiger partial charge in [-0.15, -0.1) is 11.3 Å². The molecule has 2 aromatic heterocycles. The van der Waals surface area contributed by atoms with Gasteiger partial charge in [0.15, 0.2) is 11.5 Å². The first kappa shape index (κ1) is 25.7. The number of hydrogen-bond acceptors (Lipinski definition) is 7. The number of nitrogens with two attached hydrogens (primary N) is 1. The third-order valence-corrected chi connectivity index (χ3v) is 8.38. The van der Waals surface area contributed by atoms with E-state index in [-0.39, 0.29) is 5.91 Å². The summed E-state index contributed by atoms with van der Waals surface area (Å²) >= 11 is 1.33. The molecule has 3 aromatic carbocycles. The number of carbonyl (C=O) groups is 1. The summed E-state index contributed by atoms with van der Waals surface area (Å²) in [6.45, 7) is 0.645. The van der Waals surface area contributed by atoms with Crippen LogP contribution in [0.5, 0.6) is 17.2 Å². The molecule has 6 rings (SSSR count). The lowest BCUT2D eigenvalue weighted by Gasteiger charge is -2.29. The molecule has 1 amide bonds. The number of para-hydroxylation sites is 1. The van der Waals surface area contributed by atoms with Crippen LogP contribution in [0.2, 0.25) is 0 Å². The van der Waals surface area contributed by atoms with E-state index in [1.807, 2.05) is 71.6 Å². The summed E-state index contributed by atoms with van der Waals surface area (Å²) in [6, 6.07) is 23.8. The van der Waals surface area contributed by atoms with Gasteiger partial charge in [0, 0.05) is 23.2 Å². The molecule has 0 aliphatic carbocycles. The van der Waals surface area contributed by atoms with E-state index in [9.17, 15) is 4.79 Å². The summed E-state index contributed by atoms with van der Waals surface area (Å²) in [4.78, 5) is 22.0. The molecule has 202 valence electrons. The lowest BCUT2D eigenvalue weighted by Crippen LogP contribution is -2.35. The molecule has 0 saturated carbocycles. The number of ether oxygens (including phenoxy) is 3. The lowest BCUT2D eigenvalue weighted by molar-refractivity contribution is 0.0990. The van der Waals surface area contributed by atoms with Crippen molar-refractivity contribution in [2.45, 2.75) is 12.8 Å². The van der Waals surface area contributed by atoms with Crippen molar-refractivity contribution in [3.63, 3.8) is 0 Å². The van der Waals surface area contributed by atoms with E-state index in [0.717, 1.165) is 46.3 Å². The number of anilines is 2. The van der Waals surface area contributed by atoms with Crippen LogP contribution >= 0.6 is 11.3 Å². The van der Waals surface area contributed by atoms with Crippen molar-refractivity contribution in [1.82, 2.24) is 4.98 Å². The summed E-state index contributed by atoms with van der Waals surface area (Å²) in [5, 5.41) is 0.729. The molecular formula is C32H29N3O4S. The fourth-order valence-electron chi connectivity index (χ4n) is 5.37. The van der Waals surface area contributed by atoms with Crippen LogP contribution in [0, 0.1) is 0 Å². The summed E-state index contributed by atoms with van der Waals surface area (Å²) in [5.74, 6) is 1.45. The second kappa shape index (κ2) is 10.5. The Hall–Kier alpha value is -4.56. The minimum Gasteiger partial charge on any atom is -0.493 e. The summed E-state index contributed by atoms with van der Waals surface area (Å²) in [6.07, 6.45) is 1.86. The van der Waals surface area contributed by atoms with Crippen molar-refractivity contribution < 1.29 is 19.0 Å². The molecule has 0 bridgehead atoms. The first-order valence-corrected chi connectivity index (χ1v) is 13.8. The number of thiophene rings is 1. The maximum Gasteiger partial charge on any atom is 0.270 e. The summed E-state index contributed by atoms with van der Waals surface area (Å²) in [5.41, 5.74) is 12.7. The van der Waals surface area contributed by atoms with Gasteiger partial charge in [0.25, 0.3) is 5.91 Å². The summed E-state index contributed by atoms with van der Waals surface area (Å²) in [7, 11) is 4.75. The van der Waals surface area contributed by atoms with Crippen LogP contribution in [0.1, 0.15) is 21.7 Å². The highest BCUT2D eigenvalue weighted by atomic mass is 32.1. The zero-order valence-corrected chi connectivity index (χ0v) is 23.4. The minimum absolute atomic E-state index is 0.107. The average Bonchev–Trinajstić information content (AvgIpc) is 3.35. The molecule has 1 aliphatic heterocycles. The van der Waals surface area contributed by atoms with Crippen molar-refractivity contribution >= 4 is 38.8 Å². The molecule has 0 saturated heterocycles. The van der Waals surface area contributed by atoms with E-state index in [4.69, 9.17) is 24.9 Å². The van der Waals surface area contributed by atoms with E-state index in [0.29, 0.717) is 39.2 Å². The lowest BCUT2D eigenvalue weighted by atomic mass is 9.98. The molecular weight excluding hydrogens is 522 g/mol. The van der Waals surface area contributed by atoms with Gasteiger partial charge in [0.1, 0.15) is 9.71 Å². The molecule has 5 aromatic rings. The van der Waals surface area contributed by atoms with Crippen molar-refractivity contribution in [1.29, 1.82) is 0 Å². The number of aromatic nitrogens is 1. The first-order valence-electron chi connectivity index (χ1n) is 13.0. The predicted molar refractivity (Wildman–Crippen MR) is 161 cm³/mol. The molecule has 0 spiro atoms. The Morgan fingerprint density at radius 3 is 2.30 bits per heavy atom. The number of fused-ring (bicyclic) bond motifs is 2. The number of hydrogen-bond donors (Lipinski definition) is 1. The number of nitrogen functional groups attached to an aromatic ring is 1. The third-order valence-electron chi connectivity index (χ3n) is 7.29. The number of carbonyl (C=O) groups excluding carboxylic acids is 1. The second-order valence-electron chi connectivity index (χ2n) is 9.55. The molecule has 3 heterocycles. The normalized spacial score (nSPS) is 12.7. The van der Waals surface area contributed by atoms with E-state index < -0.39 is 0 Å².